The van der Waals surface area contributed by atoms with Crippen LogP contribution in [0.4, 0.5) is 4.39 Å². The minimum absolute atomic E-state index is 0.184. The first-order valence-corrected chi connectivity index (χ1v) is 8.02. The van der Waals surface area contributed by atoms with E-state index < -0.39 is 11.9 Å². The van der Waals surface area contributed by atoms with Gasteiger partial charge in [-0.15, -0.1) is 0 Å². The summed E-state index contributed by atoms with van der Waals surface area (Å²) in [5, 5.41) is 9.04. The molecule has 0 saturated carbocycles. The third kappa shape index (κ3) is 4.15. The largest absolute Gasteiger partial charge is 0.489 e. The zero-order chi connectivity index (χ0) is 17.8. The molecule has 1 aliphatic heterocycles. The van der Waals surface area contributed by atoms with E-state index in [9.17, 15) is 14.0 Å². The number of halogens is 1. The van der Waals surface area contributed by atoms with E-state index in [0.717, 1.165) is 5.56 Å². The fourth-order valence-corrected chi connectivity index (χ4v) is 2.85. The van der Waals surface area contributed by atoms with Gasteiger partial charge in [-0.2, -0.15) is 0 Å². The summed E-state index contributed by atoms with van der Waals surface area (Å²) in [6.07, 6.45) is 0.476. The van der Waals surface area contributed by atoms with Crippen molar-refractivity contribution < 1.29 is 23.8 Å². The van der Waals surface area contributed by atoms with Crippen molar-refractivity contribution >= 4 is 11.9 Å². The summed E-state index contributed by atoms with van der Waals surface area (Å²) in [4.78, 5) is 25.1. The van der Waals surface area contributed by atoms with Crippen LogP contribution >= 0.6 is 0 Å². The van der Waals surface area contributed by atoms with E-state index in [1.54, 1.807) is 35.2 Å². The highest BCUT2D eigenvalue weighted by Crippen LogP contribution is 2.20. The second kappa shape index (κ2) is 7.34. The Morgan fingerprint density at radius 2 is 2.00 bits per heavy atom. The van der Waals surface area contributed by atoms with Crippen molar-refractivity contribution in [3.63, 3.8) is 0 Å². The van der Waals surface area contributed by atoms with Crippen LogP contribution in [0.5, 0.6) is 5.75 Å². The van der Waals surface area contributed by atoms with Gasteiger partial charge in [0.05, 0.1) is 5.92 Å². The Hall–Kier alpha value is -2.89. The molecular weight excluding hydrogens is 325 g/mol. The number of carbonyl (C=O) groups is 2. The van der Waals surface area contributed by atoms with E-state index in [1.165, 1.54) is 12.1 Å². The molecule has 0 spiro atoms. The minimum atomic E-state index is -0.868. The number of carboxylic acids is 1. The number of benzene rings is 2. The number of likely N-dealkylation sites (tertiary alicyclic amines) is 1. The molecular formula is C19H18FNO4. The highest BCUT2D eigenvalue weighted by atomic mass is 19.1. The first-order valence-electron chi connectivity index (χ1n) is 8.02. The van der Waals surface area contributed by atoms with Gasteiger partial charge in [-0.1, -0.05) is 18.2 Å². The molecule has 0 bridgehead atoms. The maximum atomic E-state index is 13.2. The second-order valence-corrected chi connectivity index (χ2v) is 6.02. The summed E-state index contributed by atoms with van der Waals surface area (Å²) < 4.78 is 18.7. The van der Waals surface area contributed by atoms with Gasteiger partial charge in [0.2, 0.25) is 0 Å². The van der Waals surface area contributed by atoms with E-state index in [2.05, 4.69) is 0 Å². The van der Waals surface area contributed by atoms with Gasteiger partial charge in [0.15, 0.2) is 0 Å². The number of hydrogen-bond donors (Lipinski definition) is 1. The Balaban J connectivity index is 1.65. The van der Waals surface area contributed by atoms with Crippen molar-refractivity contribution in [2.24, 2.45) is 5.92 Å². The molecule has 1 atom stereocenters. The normalized spacial score (nSPS) is 16.7. The van der Waals surface area contributed by atoms with Crippen molar-refractivity contribution in [2.45, 2.75) is 13.0 Å². The monoisotopic (exact) mass is 343 g/mol. The average molecular weight is 343 g/mol. The lowest BCUT2D eigenvalue weighted by atomic mass is 10.1. The molecule has 1 heterocycles. The number of amides is 1. The van der Waals surface area contributed by atoms with Crippen LogP contribution in [0.25, 0.3) is 0 Å². The minimum Gasteiger partial charge on any atom is -0.489 e. The number of rotatable bonds is 5. The number of aliphatic carboxylic acids is 1. The van der Waals surface area contributed by atoms with E-state index >= 15 is 0 Å². The smallest absolute Gasteiger partial charge is 0.308 e. The molecule has 1 amide bonds. The van der Waals surface area contributed by atoms with Crippen LogP contribution in [0, 0.1) is 11.7 Å². The van der Waals surface area contributed by atoms with E-state index in [4.69, 9.17) is 9.84 Å². The maximum Gasteiger partial charge on any atom is 0.308 e. The second-order valence-electron chi connectivity index (χ2n) is 6.02. The highest BCUT2D eigenvalue weighted by Gasteiger charge is 2.31. The third-order valence-corrected chi connectivity index (χ3v) is 4.20. The van der Waals surface area contributed by atoms with E-state index in [-0.39, 0.29) is 24.9 Å². The topological polar surface area (TPSA) is 66.8 Å². The van der Waals surface area contributed by atoms with Gasteiger partial charge < -0.3 is 14.7 Å². The number of ether oxygens (including phenoxy) is 1. The van der Waals surface area contributed by atoms with Crippen molar-refractivity contribution in [3.05, 3.63) is 65.5 Å². The van der Waals surface area contributed by atoms with E-state index in [0.29, 0.717) is 24.3 Å². The molecule has 2 aromatic carbocycles. The molecule has 0 aliphatic carbocycles. The summed E-state index contributed by atoms with van der Waals surface area (Å²) in [5.74, 6) is -1.50. The molecule has 6 heteroatoms. The first-order chi connectivity index (χ1) is 12.0. The Morgan fingerprint density at radius 3 is 2.72 bits per heavy atom. The fourth-order valence-electron chi connectivity index (χ4n) is 2.85. The summed E-state index contributed by atoms with van der Waals surface area (Å²) in [6.45, 7) is 0.889. The van der Waals surface area contributed by atoms with Crippen molar-refractivity contribution in [2.75, 3.05) is 13.1 Å². The average Bonchev–Trinajstić information content (AvgIpc) is 3.10. The van der Waals surface area contributed by atoms with Gasteiger partial charge in [-0.25, -0.2) is 4.39 Å². The van der Waals surface area contributed by atoms with Crippen LogP contribution in [0.15, 0.2) is 48.5 Å². The Morgan fingerprint density at radius 1 is 1.20 bits per heavy atom. The van der Waals surface area contributed by atoms with Gasteiger partial charge in [0.25, 0.3) is 5.91 Å². The van der Waals surface area contributed by atoms with Crippen LogP contribution in [0.1, 0.15) is 22.3 Å². The summed E-state index contributed by atoms with van der Waals surface area (Å²) in [5.41, 5.74) is 1.27. The summed E-state index contributed by atoms with van der Waals surface area (Å²) in [7, 11) is 0. The van der Waals surface area contributed by atoms with Crippen LogP contribution in [0.2, 0.25) is 0 Å². The van der Waals surface area contributed by atoms with Gasteiger partial charge in [0, 0.05) is 24.7 Å². The predicted octanol–water partition coefficient (Wildman–Crippen LogP) is 2.95. The molecule has 0 aromatic heterocycles. The van der Waals surface area contributed by atoms with Gasteiger partial charge in [-0.3, -0.25) is 9.59 Å². The molecule has 1 aliphatic rings. The van der Waals surface area contributed by atoms with Gasteiger partial charge >= 0.3 is 5.97 Å². The van der Waals surface area contributed by atoms with E-state index in [1.807, 2.05) is 6.07 Å². The van der Waals surface area contributed by atoms with Gasteiger partial charge in [-0.05, 0) is 36.2 Å². The van der Waals surface area contributed by atoms with Crippen LogP contribution in [0.3, 0.4) is 0 Å². The van der Waals surface area contributed by atoms with Crippen LogP contribution < -0.4 is 4.74 Å². The Kier molecular flexibility index (Phi) is 4.97. The lowest BCUT2D eigenvalue weighted by Crippen LogP contribution is -2.30. The molecule has 2 aromatic rings. The summed E-state index contributed by atoms with van der Waals surface area (Å²) in [6, 6.07) is 12.9. The van der Waals surface area contributed by atoms with Crippen LogP contribution in [-0.2, 0) is 11.4 Å². The SMILES string of the molecule is O=C(O)[C@@H]1CCN(C(=O)c2cccc(COc3cccc(F)c3)c2)C1. The zero-order valence-corrected chi connectivity index (χ0v) is 13.5. The Bertz CT molecular complexity index is 792. The molecule has 1 N–H and O–H groups in total. The maximum absolute atomic E-state index is 13.2. The molecule has 1 fully saturated rings. The standard InChI is InChI=1S/C19H18FNO4/c20-16-5-2-6-17(10-16)25-12-13-3-1-4-14(9-13)18(22)21-8-7-15(11-21)19(23)24/h1-6,9-10,15H,7-8,11-12H2,(H,23,24)/t15-/m1/s1. The number of carbonyl (C=O) groups excluding carboxylic acids is 1. The molecule has 25 heavy (non-hydrogen) atoms. The number of carboxylic acid groups (broad SMARTS) is 1. The fraction of sp³-hybridized carbons (Fsp3) is 0.263. The highest BCUT2D eigenvalue weighted by molar-refractivity contribution is 5.95. The Labute approximate surface area is 144 Å². The molecule has 5 nitrogen and oxygen atoms in total. The molecule has 0 unspecified atom stereocenters. The van der Waals surface area contributed by atoms with Crippen molar-refractivity contribution in [1.82, 2.24) is 4.90 Å². The van der Waals surface area contributed by atoms with Gasteiger partial charge in [0.1, 0.15) is 18.2 Å². The molecule has 3 rings (SSSR count). The molecule has 130 valence electrons. The van der Waals surface area contributed by atoms with Crippen LogP contribution in [-0.4, -0.2) is 35.0 Å². The predicted molar refractivity (Wildman–Crippen MR) is 88.8 cm³/mol. The molecule has 0 radical (unpaired) electrons. The summed E-state index contributed by atoms with van der Waals surface area (Å²) >= 11 is 0. The lowest BCUT2D eigenvalue weighted by Gasteiger charge is -2.16. The van der Waals surface area contributed by atoms with Crippen molar-refractivity contribution in [1.29, 1.82) is 0 Å². The third-order valence-electron chi connectivity index (χ3n) is 4.20. The molecule has 1 saturated heterocycles. The quantitative estimate of drug-likeness (QED) is 0.906. The van der Waals surface area contributed by atoms with Crippen molar-refractivity contribution in [3.8, 4) is 5.75 Å². The first kappa shape index (κ1) is 17.0. The zero-order valence-electron chi connectivity index (χ0n) is 13.5. The number of hydrogen-bond acceptors (Lipinski definition) is 3. The lowest BCUT2D eigenvalue weighted by molar-refractivity contribution is -0.141. The number of nitrogens with zero attached hydrogens (tertiary/aromatic N) is 1.